The molecule has 0 radical (unpaired) electrons. The molecule has 0 bridgehead atoms. The van der Waals surface area contributed by atoms with E-state index in [4.69, 9.17) is 0 Å². The minimum absolute atomic E-state index is 0.573. The first kappa shape index (κ1) is 11.0. The quantitative estimate of drug-likeness (QED) is 0.837. The molecule has 15 heavy (non-hydrogen) atoms. The van der Waals surface area contributed by atoms with Gasteiger partial charge in [0.15, 0.2) is 0 Å². The van der Waals surface area contributed by atoms with Crippen LogP contribution in [0.3, 0.4) is 0 Å². The smallest absolute Gasteiger partial charge is 0.0893 e. The zero-order chi connectivity index (χ0) is 10.6. The molecular weight excluding hydrogens is 206 g/mol. The summed E-state index contributed by atoms with van der Waals surface area (Å²) in [6, 6.07) is 0. The van der Waals surface area contributed by atoms with Crippen molar-refractivity contribution in [2.45, 2.75) is 45.6 Å². The third-order valence-corrected chi connectivity index (χ3v) is 4.18. The van der Waals surface area contributed by atoms with Gasteiger partial charge in [-0.05, 0) is 36.2 Å². The summed E-state index contributed by atoms with van der Waals surface area (Å²) in [6.45, 7) is 4.33. The van der Waals surface area contributed by atoms with Gasteiger partial charge in [-0.25, -0.2) is 0 Å². The van der Waals surface area contributed by atoms with E-state index in [-0.39, 0.29) is 0 Å². The molecule has 0 amide bonds. The van der Waals surface area contributed by atoms with Crippen LogP contribution in [0.4, 0.5) is 0 Å². The van der Waals surface area contributed by atoms with Crippen molar-refractivity contribution in [1.82, 2.24) is 14.9 Å². The molecule has 0 atom stereocenters. The van der Waals surface area contributed by atoms with Gasteiger partial charge in [0.25, 0.3) is 0 Å². The third kappa shape index (κ3) is 2.75. The van der Waals surface area contributed by atoms with E-state index in [1.165, 1.54) is 43.6 Å². The molecule has 1 saturated carbocycles. The maximum Gasteiger partial charge on any atom is 0.0893 e. The fourth-order valence-corrected chi connectivity index (χ4v) is 2.95. The lowest BCUT2D eigenvalue weighted by atomic mass is 9.83. The molecule has 3 nitrogen and oxygen atoms in total. The number of aromatic nitrogens is 2. The predicted octanol–water partition coefficient (Wildman–Crippen LogP) is 2.60. The number of nitrogens with one attached hydrogen (secondary N) is 1. The van der Waals surface area contributed by atoms with E-state index in [1.807, 2.05) is 5.38 Å². The average molecular weight is 225 g/mol. The van der Waals surface area contributed by atoms with Crippen LogP contribution in [0.25, 0.3) is 0 Å². The molecule has 4 heteroatoms. The fraction of sp³-hybridized carbons (Fsp3) is 0.818. The molecule has 1 aromatic rings. The lowest BCUT2D eigenvalue weighted by molar-refractivity contribution is 0.268. The Morgan fingerprint density at radius 1 is 1.47 bits per heavy atom. The zero-order valence-corrected chi connectivity index (χ0v) is 10.1. The molecule has 1 fully saturated rings. The molecule has 1 heterocycles. The number of rotatable bonds is 5. The first-order valence-corrected chi connectivity index (χ1v) is 6.65. The fourth-order valence-electron chi connectivity index (χ4n) is 2.50. The van der Waals surface area contributed by atoms with Crippen LogP contribution in [0.5, 0.6) is 0 Å². The van der Waals surface area contributed by atoms with Crippen molar-refractivity contribution >= 4 is 11.5 Å². The van der Waals surface area contributed by atoms with E-state index in [2.05, 4.69) is 21.8 Å². The van der Waals surface area contributed by atoms with E-state index in [0.717, 1.165) is 18.8 Å². The van der Waals surface area contributed by atoms with E-state index in [1.54, 1.807) is 0 Å². The summed E-state index contributed by atoms with van der Waals surface area (Å²) in [5.41, 5.74) is 1.65. The van der Waals surface area contributed by atoms with Crippen molar-refractivity contribution in [3.05, 3.63) is 11.1 Å². The van der Waals surface area contributed by atoms with Crippen LogP contribution in [0.15, 0.2) is 5.38 Å². The molecular formula is C11H19N3S. The standard InChI is InChI=1S/C11H19N3S/c1-2-11(5-3-4-6-11)9-12-7-10-8-15-14-13-10/h8,12H,2-7,9H2,1H3. The molecule has 2 rings (SSSR count). The summed E-state index contributed by atoms with van der Waals surface area (Å²) in [5, 5.41) is 9.57. The van der Waals surface area contributed by atoms with Crippen molar-refractivity contribution in [1.29, 1.82) is 0 Å². The second-order valence-corrected chi connectivity index (χ2v) is 5.17. The van der Waals surface area contributed by atoms with Gasteiger partial charge < -0.3 is 5.32 Å². The maximum absolute atomic E-state index is 4.03. The normalized spacial score (nSPS) is 19.5. The van der Waals surface area contributed by atoms with Crippen LogP contribution >= 0.6 is 11.5 Å². The molecule has 0 unspecified atom stereocenters. The minimum Gasteiger partial charge on any atom is -0.311 e. The Labute approximate surface area is 95.4 Å². The first-order valence-electron chi connectivity index (χ1n) is 5.81. The van der Waals surface area contributed by atoms with E-state index in [0.29, 0.717) is 5.41 Å². The molecule has 1 N–H and O–H groups in total. The van der Waals surface area contributed by atoms with Crippen LogP contribution < -0.4 is 5.32 Å². The van der Waals surface area contributed by atoms with Crippen molar-refractivity contribution in [3.63, 3.8) is 0 Å². The van der Waals surface area contributed by atoms with Crippen molar-refractivity contribution in [2.24, 2.45) is 5.41 Å². The highest BCUT2D eigenvalue weighted by Crippen LogP contribution is 2.40. The third-order valence-electron chi connectivity index (χ3n) is 3.63. The molecule has 1 aromatic heterocycles. The Bertz CT molecular complexity index is 278. The second kappa shape index (κ2) is 5.03. The predicted molar refractivity (Wildman–Crippen MR) is 62.8 cm³/mol. The molecule has 0 spiro atoms. The van der Waals surface area contributed by atoms with Crippen LogP contribution in [-0.2, 0) is 6.54 Å². The molecule has 0 aromatic carbocycles. The van der Waals surface area contributed by atoms with Gasteiger partial charge in [0, 0.05) is 18.5 Å². The summed E-state index contributed by atoms with van der Waals surface area (Å²) in [6.07, 6.45) is 6.91. The molecule has 0 saturated heterocycles. The number of hydrogen-bond acceptors (Lipinski definition) is 4. The first-order chi connectivity index (χ1) is 7.35. The Kier molecular flexibility index (Phi) is 3.70. The van der Waals surface area contributed by atoms with Gasteiger partial charge in [0.2, 0.25) is 0 Å². The molecule has 1 aliphatic carbocycles. The Hall–Kier alpha value is -0.480. The second-order valence-electron chi connectivity index (χ2n) is 4.56. The Morgan fingerprint density at radius 2 is 2.27 bits per heavy atom. The Morgan fingerprint density at radius 3 is 2.87 bits per heavy atom. The zero-order valence-electron chi connectivity index (χ0n) is 9.33. The summed E-state index contributed by atoms with van der Waals surface area (Å²) in [4.78, 5) is 0. The summed E-state index contributed by atoms with van der Waals surface area (Å²) in [7, 11) is 0. The van der Waals surface area contributed by atoms with Gasteiger partial charge in [0.05, 0.1) is 5.69 Å². The van der Waals surface area contributed by atoms with Gasteiger partial charge in [-0.1, -0.05) is 24.3 Å². The summed E-state index contributed by atoms with van der Waals surface area (Å²) in [5.74, 6) is 0. The van der Waals surface area contributed by atoms with Gasteiger partial charge >= 0.3 is 0 Å². The van der Waals surface area contributed by atoms with Crippen LogP contribution in [-0.4, -0.2) is 16.1 Å². The lowest BCUT2D eigenvalue weighted by Gasteiger charge is -2.27. The number of nitrogens with zero attached hydrogens (tertiary/aromatic N) is 2. The average Bonchev–Trinajstić information content (AvgIpc) is 2.89. The van der Waals surface area contributed by atoms with Gasteiger partial charge in [0.1, 0.15) is 0 Å². The van der Waals surface area contributed by atoms with E-state index >= 15 is 0 Å². The van der Waals surface area contributed by atoms with Crippen molar-refractivity contribution in [2.75, 3.05) is 6.54 Å². The van der Waals surface area contributed by atoms with Gasteiger partial charge in [-0.3, -0.25) is 0 Å². The summed E-state index contributed by atoms with van der Waals surface area (Å²) >= 11 is 1.43. The number of hydrogen-bond donors (Lipinski definition) is 1. The van der Waals surface area contributed by atoms with E-state index < -0.39 is 0 Å². The summed E-state index contributed by atoms with van der Waals surface area (Å²) < 4.78 is 3.86. The van der Waals surface area contributed by atoms with Crippen molar-refractivity contribution in [3.8, 4) is 0 Å². The SMILES string of the molecule is CCC1(CNCc2csnn2)CCCC1. The topological polar surface area (TPSA) is 37.8 Å². The minimum atomic E-state index is 0.573. The highest BCUT2D eigenvalue weighted by atomic mass is 32.1. The maximum atomic E-state index is 4.03. The van der Waals surface area contributed by atoms with Crippen LogP contribution in [0.1, 0.15) is 44.7 Å². The highest BCUT2D eigenvalue weighted by Gasteiger charge is 2.31. The molecule has 0 aliphatic heterocycles. The van der Waals surface area contributed by atoms with Gasteiger partial charge in [-0.2, -0.15) is 0 Å². The monoisotopic (exact) mass is 225 g/mol. The van der Waals surface area contributed by atoms with Crippen LogP contribution in [0, 0.1) is 5.41 Å². The molecule has 84 valence electrons. The van der Waals surface area contributed by atoms with Gasteiger partial charge in [-0.15, -0.1) is 5.10 Å². The largest absolute Gasteiger partial charge is 0.311 e. The Balaban J connectivity index is 1.77. The van der Waals surface area contributed by atoms with Crippen molar-refractivity contribution < 1.29 is 0 Å². The van der Waals surface area contributed by atoms with E-state index in [9.17, 15) is 0 Å². The molecule has 1 aliphatic rings. The lowest BCUT2D eigenvalue weighted by Crippen LogP contribution is -2.31. The highest BCUT2D eigenvalue weighted by molar-refractivity contribution is 7.03. The van der Waals surface area contributed by atoms with Crippen LogP contribution in [0.2, 0.25) is 0 Å².